The molecule has 4 heteroatoms. The second kappa shape index (κ2) is 20.3. The van der Waals surface area contributed by atoms with Gasteiger partial charge in [-0.15, -0.1) is 0 Å². The second-order valence-corrected chi connectivity index (χ2v) is 9.41. The molecule has 0 rings (SSSR count). The van der Waals surface area contributed by atoms with E-state index in [2.05, 4.69) is 6.92 Å². The molecular weight excluding hydrogens is 376 g/mol. The molecule has 0 aromatic heterocycles. The number of hydrogen-bond acceptors (Lipinski definition) is 4. The van der Waals surface area contributed by atoms with Gasteiger partial charge in [-0.3, -0.25) is 4.79 Å². The van der Waals surface area contributed by atoms with E-state index in [0.717, 1.165) is 32.1 Å². The van der Waals surface area contributed by atoms with Crippen molar-refractivity contribution in [2.75, 3.05) is 20.8 Å². The molecule has 0 bridgehead atoms. The van der Waals surface area contributed by atoms with Crippen LogP contribution in [0, 0.1) is 5.41 Å². The summed E-state index contributed by atoms with van der Waals surface area (Å²) in [7, 11) is 3.39. The Bertz CT molecular complexity index is 377. The van der Waals surface area contributed by atoms with Crippen molar-refractivity contribution in [3.8, 4) is 0 Å². The fourth-order valence-electron chi connectivity index (χ4n) is 3.79. The Labute approximate surface area is 187 Å². The lowest BCUT2D eigenvalue weighted by Gasteiger charge is -2.22. The topological polar surface area (TPSA) is 44.8 Å². The first-order valence-corrected chi connectivity index (χ1v) is 12.7. The highest BCUT2D eigenvalue weighted by molar-refractivity contribution is 5.75. The molecule has 0 radical (unpaired) electrons. The third kappa shape index (κ3) is 17.1. The third-order valence-electron chi connectivity index (χ3n) is 6.05. The molecule has 0 aliphatic heterocycles. The van der Waals surface area contributed by atoms with Crippen LogP contribution in [0.3, 0.4) is 0 Å². The maximum atomic E-state index is 12.4. The van der Waals surface area contributed by atoms with Crippen LogP contribution in [0.4, 0.5) is 0 Å². The van der Waals surface area contributed by atoms with Crippen molar-refractivity contribution in [2.45, 2.75) is 136 Å². The van der Waals surface area contributed by atoms with Crippen molar-refractivity contribution in [1.29, 1.82) is 0 Å². The van der Waals surface area contributed by atoms with E-state index in [0.29, 0.717) is 6.61 Å². The molecule has 0 aliphatic carbocycles. The van der Waals surface area contributed by atoms with Crippen LogP contribution in [0.2, 0.25) is 0 Å². The fraction of sp³-hybridized carbons (Fsp3) is 0.962. The Balaban J connectivity index is 3.57. The van der Waals surface area contributed by atoms with E-state index in [1.807, 2.05) is 13.8 Å². The van der Waals surface area contributed by atoms with E-state index < -0.39 is 0 Å². The smallest absolute Gasteiger partial charge is 0.311 e. The molecule has 0 spiro atoms. The molecule has 180 valence electrons. The minimum atomic E-state index is -0.352. The summed E-state index contributed by atoms with van der Waals surface area (Å²) in [6.07, 6.45) is 20.5. The largest absolute Gasteiger partial charge is 0.465 e. The van der Waals surface area contributed by atoms with Crippen LogP contribution in [0.25, 0.3) is 0 Å². The number of carbonyl (C=O) groups excluding carboxylic acids is 1. The van der Waals surface area contributed by atoms with Gasteiger partial charge in [-0.2, -0.15) is 0 Å². The number of esters is 1. The summed E-state index contributed by atoms with van der Waals surface area (Å²) in [4.78, 5) is 12.4. The Morgan fingerprint density at radius 1 is 0.700 bits per heavy atom. The van der Waals surface area contributed by atoms with Crippen molar-refractivity contribution >= 4 is 5.97 Å². The SMILES string of the molecule is CCCCCCCCCCOC(=O)C(C)(C)CCCCCCCCCC(OC)OC. The van der Waals surface area contributed by atoms with Gasteiger partial charge in [-0.05, 0) is 39.5 Å². The quantitative estimate of drug-likeness (QED) is 0.100. The number of rotatable bonds is 22. The Morgan fingerprint density at radius 2 is 1.17 bits per heavy atom. The van der Waals surface area contributed by atoms with Gasteiger partial charge in [0.05, 0.1) is 12.0 Å². The van der Waals surface area contributed by atoms with Crippen LogP contribution in [0.1, 0.15) is 130 Å². The molecule has 0 aromatic carbocycles. The summed E-state index contributed by atoms with van der Waals surface area (Å²) in [6, 6.07) is 0. The highest BCUT2D eigenvalue weighted by Crippen LogP contribution is 2.26. The maximum absolute atomic E-state index is 12.4. The van der Waals surface area contributed by atoms with Crippen molar-refractivity contribution in [3.05, 3.63) is 0 Å². The molecule has 0 amide bonds. The van der Waals surface area contributed by atoms with Gasteiger partial charge in [0.25, 0.3) is 0 Å². The maximum Gasteiger partial charge on any atom is 0.311 e. The molecule has 0 unspecified atom stereocenters. The first kappa shape index (κ1) is 29.4. The van der Waals surface area contributed by atoms with Crippen molar-refractivity contribution in [3.63, 3.8) is 0 Å². The van der Waals surface area contributed by atoms with E-state index in [4.69, 9.17) is 14.2 Å². The highest BCUT2D eigenvalue weighted by Gasteiger charge is 2.28. The van der Waals surface area contributed by atoms with Gasteiger partial charge < -0.3 is 14.2 Å². The molecular formula is C26H52O4. The molecule has 0 heterocycles. The predicted molar refractivity (Wildman–Crippen MR) is 127 cm³/mol. The number of carbonyl (C=O) groups is 1. The minimum Gasteiger partial charge on any atom is -0.465 e. The van der Waals surface area contributed by atoms with Crippen LogP contribution < -0.4 is 0 Å². The molecule has 0 aliphatic rings. The van der Waals surface area contributed by atoms with Gasteiger partial charge >= 0.3 is 5.97 Å². The van der Waals surface area contributed by atoms with E-state index >= 15 is 0 Å². The zero-order chi connectivity index (χ0) is 22.5. The summed E-state index contributed by atoms with van der Waals surface area (Å²) in [6.45, 7) is 6.90. The average molecular weight is 429 g/mol. The summed E-state index contributed by atoms with van der Waals surface area (Å²) in [5.41, 5.74) is -0.352. The van der Waals surface area contributed by atoms with Crippen LogP contribution in [0.15, 0.2) is 0 Å². The Kier molecular flexibility index (Phi) is 19.9. The normalized spacial score (nSPS) is 11.9. The zero-order valence-electron chi connectivity index (χ0n) is 20.9. The summed E-state index contributed by atoms with van der Waals surface area (Å²) in [5, 5.41) is 0. The van der Waals surface area contributed by atoms with Gasteiger partial charge in [0, 0.05) is 14.2 Å². The molecule has 0 saturated carbocycles. The van der Waals surface area contributed by atoms with Crippen molar-refractivity contribution < 1.29 is 19.0 Å². The first-order valence-electron chi connectivity index (χ1n) is 12.7. The lowest BCUT2D eigenvalue weighted by Crippen LogP contribution is -2.27. The Morgan fingerprint density at radius 3 is 1.70 bits per heavy atom. The molecule has 0 N–H and O–H groups in total. The van der Waals surface area contributed by atoms with Crippen LogP contribution in [-0.4, -0.2) is 33.1 Å². The molecule has 0 saturated heterocycles. The number of hydrogen-bond donors (Lipinski definition) is 0. The van der Waals surface area contributed by atoms with Crippen LogP contribution >= 0.6 is 0 Å². The fourth-order valence-corrected chi connectivity index (χ4v) is 3.79. The van der Waals surface area contributed by atoms with Gasteiger partial charge in [0.15, 0.2) is 6.29 Å². The molecule has 0 aromatic rings. The van der Waals surface area contributed by atoms with Crippen LogP contribution in [-0.2, 0) is 19.0 Å². The average Bonchev–Trinajstić information content (AvgIpc) is 2.73. The summed E-state index contributed by atoms with van der Waals surface area (Å²) in [5.74, 6) is -0.0173. The Hall–Kier alpha value is -0.610. The van der Waals surface area contributed by atoms with Gasteiger partial charge in [0.2, 0.25) is 0 Å². The van der Waals surface area contributed by atoms with Crippen molar-refractivity contribution in [1.82, 2.24) is 0 Å². The number of ether oxygens (including phenoxy) is 3. The van der Waals surface area contributed by atoms with Crippen LogP contribution in [0.5, 0.6) is 0 Å². The van der Waals surface area contributed by atoms with Gasteiger partial charge in [-0.25, -0.2) is 0 Å². The van der Waals surface area contributed by atoms with Gasteiger partial charge in [-0.1, -0.05) is 90.4 Å². The standard InChI is InChI=1S/C26H52O4/c1-6-7-8-9-10-14-17-20-23-30-25(27)26(2,3)22-19-16-13-11-12-15-18-21-24(28-4)29-5/h24H,6-23H2,1-5H3. The summed E-state index contributed by atoms with van der Waals surface area (Å²) >= 11 is 0. The lowest BCUT2D eigenvalue weighted by atomic mass is 9.87. The lowest BCUT2D eigenvalue weighted by molar-refractivity contribution is -0.154. The van der Waals surface area contributed by atoms with E-state index in [1.165, 1.54) is 77.0 Å². The zero-order valence-corrected chi connectivity index (χ0v) is 20.9. The molecule has 30 heavy (non-hydrogen) atoms. The minimum absolute atomic E-state index is 0.0173. The van der Waals surface area contributed by atoms with E-state index in [-0.39, 0.29) is 17.7 Å². The molecule has 0 fully saturated rings. The first-order chi connectivity index (χ1) is 14.5. The van der Waals surface area contributed by atoms with E-state index in [1.54, 1.807) is 14.2 Å². The monoisotopic (exact) mass is 428 g/mol. The second-order valence-electron chi connectivity index (χ2n) is 9.41. The predicted octanol–water partition coefficient (Wildman–Crippen LogP) is 7.83. The summed E-state index contributed by atoms with van der Waals surface area (Å²) < 4.78 is 16.0. The number of methoxy groups -OCH3 is 2. The number of unbranched alkanes of at least 4 members (excludes halogenated alkanes) is 13. The third-order valence-corrected chi connectivity index (χ3v) is 6.05. The van der Waals surface area contributed by atoms with Crippen molar-refractivity contribution in [2.24, 2.45) is 5.41 Å². The highest BCUT2D eigenvalue weighted by atomic mass is 16.7. The molecule has 4 nitrogen and oxygen atoms in total. The van der Waals surface area contributed by atoms with Gasteiger partial charge in [0.1, 0.15) is 0 Å². The van der Waals surface area contributed by atoms with E-state index in [9.17, 15) is 4.79 Å². The molecule has 0 atom stereocenters.